The highest BCUT2D eigenvalue weighted by Gasteiger charge is 2.31. The van der Waals surface area contributed by atoms with Crippen LogP contribution in [0.15, 0.2) is 45.4 Å². The number of carbonyl (C=O) groups excluding carboxylic acids is 1. The molecule has 1 aromatic carbocycles. The highest BCUT2D eigenvalue weighted by molar-refractivity contribution is 6.31. The summed E-state index contributed by atoms with van der Waals surface area (Å²) >= 11 is 6.12. The van der Waals surface area contributed by atoms with Crippen LogP contribution in [0.3, 0.4) is 0 Å². The average Bonchev–Trinajstić information content (AvgIpc) is 3.28. The molecule has 0 bridgehead atoms. The van der Waals surface area contributed by atoms with Crippen molar-refractivity contribution in [3.63, 3.8) is 0 Å². The molecule has 2 aromatic heterocycles. The Balaban J connectivity index is 1.68. The van der Waals surface area contributed by atoms with E-state index >= 15 is 0 Å². The lowest BCUT2D eigenvalue weighted by Crippen LogP contribution is -2.46. The van der Waals surface area contributed by atoms with E-state index in [0.717, 1.165) is 42.6 Å². The lowest BCUT2D eigenvalue weighted by molar-refractivity contribution is 0.0521. The minimum atomic E-state index is -0.0919. The number of hydrogen-bond donors (Lipinski definition) is 0. The van der Waals surface area contributed by atoms with Crippen LogP contribution in [-0.2, 0) is 6.54 Å². The molecule has 142 valence electrons. The zero-order valence-corrected chi connectivity index (χ0v) is 16.3. The number of rotatable bonds is 4. The standard InChI is InChI=1S/C21H23ClN2O3/c1-14-18-12-15(22)5-6-19(18)27-20(14)21(25)24(13-17-4-3-11-26-17)16-7-9-23(2)10-8-16/h3-6,11-12,16H,7-10,13H2,1-2H3. The summed E-state index contributed by atoms with van der Waals surface area (Å²) < 4.78 is 11.5. The molecule has 0 saturated carbocycles. The van der Waals surface area contributed by atoms with Crippen LogP contribution in [0, 0.1) is 6.92 Å². The Labute approximate surface area is 163 Å². The van der Waals surface area contributed by atoms with Crippen molar-refractivity contribution < 1.29 is 13.6 Å². The first-order chi connectivity index (χ1) is 13.0. The minimum absolute atomic E-state index is 0.0919. The number of carbonyl (C=O) groups is 1. The van der Waals surface area contributed by atoms with E-state index < -0.39 is 0 Å². The number of likely N-dealkylation sites (tertiary alicyclic amines) is 1. The van der Waals surface area contributed by atoms with Crippen LogP contribution in [-0.4, -0.2) is 41.9 Å². The summed E-state index contributed by atoms with van der Waals surface area (Å²) in [7, 11) is 2.11. The van der Waals surface area contributed by atoms with Gasteiger partial charge in [-0.3, -0.25) is 4.79 Å². The van der Waals surface area contributed by atoms with E-state index in [1.165, 1.54) is 0 Å². The van der Waals surface area contributed by atoms with Crippen molar-refractivity contribution >= 4 is 28.5 Å². The monoisotopic (exact) mass is 386 g/mol. The molecule has 0 atom stereocenters. The van der Waals surface area contributed by atoms with Gasteiger partial charge in [-0.1, -0.05) is 11.6 Å². The Hall–Kier alpha value is -2.24. The van der Waals surface area contributed by atoms with Gasteiger partial charge in [0.2, 0.25) is 0 Å². The summed E-state index contributed by atoms with van der Waals surface area (Å²) in [5, 5.41) is 1.51. The largest absolute Gasteiger partial charge is 0.467 e. The van der Waals surface area contributed by atoms with Gasteiger partial charge in [-0.25, -0.2) is 0 Å². The van der Waals surface area contributed by atoms with Crippen molar-refractivity contribution in [3.8, 4) is 0 Å². The van der Waals surface area contributed by atoms with Crippen molar-refractivity contribution in [2.45, 2.75) is 32.4 Å². The van der Waals surface area contributed by atoms with Crippen LogP contribution in [0.5, 0.6) is 0 Å². The fourth-order valence-electron chi connectivity index (χ4n) is 3.77. The molecule has 4 rings (SSSR count). The maximum atomic E-state index is 13.5. The van der Waals surface area contributed by atoms with Gasteiger partial charge in [-0.15, -0.1) is 0 Å². The zero-order valence-electron chi connectivity index (χ0n) is 15.6. The first kappa shape index (κ1) is 18.1. The number of halogens is 1. The fraction of sp³-hybridized carbons (Fsp3) is 0.381. The lowest BCUT2D eigenvalue weighted by atomic mass is 10.0. The quantitative estimate of drug-likeness (QED) is 0.650. The molecule has 0 radical (unpaired) electrons. The number of aryl methyl sites for hydroxylation is 1. The van der Waals surface area contributed by atoms with Crippen molar-refractivity contribution in [3.05, 3.63) is 58.7 Å². The number of fused-ring (bicyclic) bond motifs is 1. The fourth-order valence-corrected chi connectivity index (χ4v) is 3.94. The molecule has 0 unspecified atom stereocenters. The molecular formula is C21H23ClN2O3. The van der Waals surface area contributed by atoms with E-state index in [9.17, 15) is 4.79 Å². The van der Waals surface area contributed by atoms with Crippen LogP contribution in [0.1, 0.15) is 34.7 Å². The Morgan fingerprint density at radius 3 is 2.78 bits per heavy atom. The number of amides is 1. The molecule has 1 aliphatic heterocycles. The van der Waals surface area contributed by atoms with Crippen LogP contribution in [0.4, 0.5) is 0 Å². The average molecular weight is 387 g/mol. The van der Waals surface area contributed by atoms with Gasteiger partial charge in [0.15, 0.2) is 5.76 Å². The number of hydrogen-bond acceptors (Lipinski definition) is 4. The van der Waals surface area contributed by atoms with Gasteiger partial charge in [0.05, 0.1) is 12.8 Å². The molecule has 0 aliphatic carbocycles. The SMILES string of the molecule is Cc1c(C(=O)N(Cc2ccco2)C2CCN(C)CC2)oc2ccc(Cl)cc12. The highest BCUT2D eigenvalue weighted by Crippen LogP contribution is 2.30. The van der Waals surface area contributed by atoms with Gasteiger partial charge in [-0.2, -0.15) is 0 Å². The topological polar surface area (TPSA) is 49.8 Å². The molecule has 1 amide bonds. The molecule has 3 heterocycles. The first-order valence-electron chi connectivity index (χ1n) is 9.23. The predicted molar refractivity (Wildman–Crippen MR) is 105 cm³/mol. The zero-order chi connectivity index (χ0) is 19.0. The van der Waals surface area contributed by atoms with Gasteiger partial charge in [-0.05, 0) is 70.2 Å². The Morgan fingerprint density at radius 2 is 2.07 bits per heavy atom. The lowest BCUT2D eigenvalue weighted by Gasteiger charge is -2.36. The summed E-state index contributed by atoms with van der Waals surface area (Å²) in [4.78, 5) is 17.7. The molecular weight excluding hydrogens is 364 g/mol. The van der Waals surface area contributed by atoms with Gasteiger partial charge < -0.3 is 18.6 Å². The third-order valence-corrected chi connectivity index (χ3v) is 5.62. The Morgan fingerprint density at radius 1 is 1.30 bits per heavy atom. The predicted octanol–water partition coefficient (Wildman–Crippen LogP) is 4.72. The second kappa shape index (κ2) is 7.41. The molecule has 5 nitrogen and oxygen atoms in total. The molecule has 0 spiro atoms. The second-order valence-corrected chi connectivity index (χ2v) is 7.68. The molecule has 1 fully saturated rings. The van der Waals surface area contributed by atoms with E-state index in [-0.39, 0.29) is 11.9 Å². The second-order valence-electron chi connectivity index (χ2n) is 7.24. The van der Waals surface area contributed by atoms with E-state index in [0.29, 0.717) is 22.9 Å². The smallest absolute Gasteiger partial charge is 0.290 e. The van der Waals surface area contributed by atoms with Crippen molar-refractivity contribution in [1.82, 2.24) is 9.80 Å². The third kappa shape index (κ3) is 3.62. The highest BCUT2D eigenvalue weighted by atomic mass is 35.5. The molecule has 27 heavy (non-hydrogen) atoms. The molecule has 1 aliphatic rings. The van der Waals surface area contributed by atoms with Crippen molar-refractivity contribution in [1.29, 1.82) is 0 Å². The maximum Gasteiger partial charge on any atom is 0.290 e. The maximum absolute atomic E-state index is 13.5. The van der Waals surface area contributed by atoms with E-state index in [1.807, 2.05) is 36.1 Å². The van der Waals surface area contributed by atoms with Crippen LogP contribution >= 0.6 is 11.6 Å². The summed E-state index contributed by atoms with van der Waals surface area (Å²) in [6.45, 7) is 4.30. The number of furan rings is 2. The minimum Gasteiger partial charge on any atom is -0.467 e. The van der Waals surface area contributed by atoms with E-state index in [2.05, 4.69) is 11.9 Å². The van der Waals surface area contributed by atoms with Crippen LogP contribution in [0.2, 0.25) is 5.02 Å². The van der Waals surface area contributed by atoms with E-state index in [4.69, 9.17) is 20.4 Å². The summed E-state index contributed by atoms with van der Waals surface area (Å²) in [6.07, 6.45) is 3.52. The number of benzene rings is 1. The molecule has 6 heteroatoms. The number of nitrogens with zero attached hydrogens (tertiary/aromatic N) is 2. The molecule has 0 N–H and O–H groups in total. The van der Waals surface area contributed by atoms with Gasteiger partial charge in [0, 0.05) is 22.0 Å². The summed E-state index contributed by atoms with van der Waals surface area (Å²) in [5.74, 6) is 1.07. The van der Waals surface area contributed by atoms with E-state index in [1.54, 1.807) is 12.3 Å². The molecule has 3 aromatic rings. The first-order valence-corrected chi connectivity index (χ1v) is 9.61. The van der Waals surface area contributed by atoms with Gasteiger partial charge >= 0.3 is 0 Å². The normalized spacial score (nSPS) is 16.1. The Kier molecular flexibility index (Phi) is 4.98. The summed E-state index contributed by atoms with van der Waals surface area (Å²) in [6, 6.07) is 9.35. The van der Waals surface area contributed by atoms with Crippen LogP contribution < -0.4 is 0 Å². The summed E-state index contributed by atoms with van der Waals surface area (Å²) in [5.41, 5.74) is 1.51. The Bertz CT molecular complexity index is 940. The molecule has 1 saturated heterocycles. The van der Waals surface area contributed by atoms with Crippen molar-refractivity contribution in [2.75, 3.05) is 20.1 Å². The van der Waals surface area contributed by atoms with Crippen molar-refractivity contribution in [2.24, 2.45) is 0 Å². The van der Waals surface area contributed by atoms with Gasteiger partial charge in [0.1, 0.15) is 11.3 Å². The van der Waals surface area contributed by atoms with Crippen LogP contribution in [0.25, 0.3) is 11.0 Å². The van der Waals surface area contributed by atoms with Gasteiger partial charge in [0.25, 0.3) is 5.91 Å². The number of piperidine rings is 1. The third-order valence-electron chi connectivity index (χ3n) is 5.39.